The molecule has 0 saturated carbocycles. The molecule has 1 aromatic carbocycles. The number of primary amides is 1. The number of carbonyl (C=O) groups is 2. The molecule has 0 aliphatic carbocycles. The molecule has 2 amide bonds. The van der Waals surface area contributed by atoms with Crippen LogP contribution in [0, 0.1) is 5.41 Å². The molecule has 21 heavy (non-hydrogen) atoms. The molecule has 114 valence electrons. The Morgan fingerprint density at radius 3 is 2.48 bits per heavy atom. The number of carbonyl (C=O) groups excluding carboxylic acids is 2. The molecule has 0 aromatic heterocycles. The van der Waals surface area contributed by atoms with E-state index in [1.54, 1.807) is 30.8 Å². The summed E-state index contributed by atoms with van der Waals surface area (Å²) in [4.78, 5) is 22.8. The van der Waals surface area contributed by atoms with Gasteiger partial charge in [-0.05, 0) is 37.4 Å². The highest BCUT2D eigenvalue weighted by Gasteiger charge is 2.17. The van der Waals surface area contributed by atoms with Gasteiger partial charge >= 0.3 is 0 Å². The Morgan fingerprint density at radius 1 is 1.33 bits per heavy atom. The van der Waals surface area contributed by atoms with Crippen LogP contribution < -0.4 is 16.4 Å². The van der Waals surface area contributed by atoms with Crippen LogP contribution >= 0.6 is 11.8 Å². The lowest BCUT2D eigenvalue weighted by molar-refractivity contribution is -0.112. The van der Waals surface area contributed by atoms with Crippen LogP contribution in [0.3, 0.4) is 0 Å². The molecular formula is C14H20N4O2S. The normalized spacial score (nSPS) is 11.5. The minimum atomic E-state index is -0.837. The monoisotopic (exact) mass is 308 g/mol. The van der Waals surface area contributed by atoms with E-state index in [1.165, 1.54) is 0 Å². The third-order valence-electron chi connectivity index (χ3n) is 2.83. The lowest BCUT2D eigenvalue weighted by Gasteiger charge is -2.13. The third-order valence-corrected chi connectivity index (χ3v) is 3.44. The van der Waals surface area contributed by atoms with Gasteiger partial charge in [-0.2, -0.15) is 11.8 Å². The molecular weight excluding hydrogens is 288 g/mol. The van der Waals surface area contributed by atoms with E-state index in [4.69, 9.17) is 11.1 Å². The Kier molecular flexibility index (Phi) is 6.74. The first-order valence-corrected chi connectivity index (χ1v) is 7.87. The zero-order valence-electron chi connectivity index (χ0n) is 12.1. The van der Waals surface area contributed by atoms with Crippen molar-refractivity contribution in [1.82, 2.24) is 5.32 Å². The van der Waals surface area contributed by atoms with Crippen molar-refractivity contribution in [3.8, 4) is 0 Å². The number of amides is 2. The Labute approximate surface area is 128 Å². The van der Waals surface area contributed by atoms with Crippen molar-refractivity contribution >= 4 is 35.0 Å². The molecule has 0 aliphatic heterocycles. The van der Waals surface area contributed by atoms with Crippen molar-refractivity contribution in [2.24, 2.45) is 5.73 Å². The van der Waals surface area contributed by atoms with E-state index in [-0.39, 0.29) is 11.6 Å². The van der Waals surface area contributed by atoms with Crippen molar-refractivity contribution < 1.29 is 9.59 Å². The summed E-state index contributed by atoms with van der Waals surface area (Å²) in [6.07, 6.45) is 2.04. The van der Waals surface area contributed by atoms with E-state index in [1.807, 2.05) is 18.4 Å². The average Bonchev–Trinajstić information content (AvgIpc) is 2.47. The van der Waals surface area contributed by atoms with Crippen molar-refractivity contribution in [2.45, 2.75) is 13.0 Å². The topological polar surface area (TPSA) is 108 Å². The Hall–Kier alpha value is -2.02. The van der Waals surface area contributed by atoms with E-state index < -0.39 is 11.9 Å². The number of thioether (sulfide) groups is 1. The number of anilines is 1. The number of nitrogens with one attached hydrogen (secondary N) is 3. The van der Waals surface area contributed by atoms with Crippen molar-refractivity contribution in [3.05, 3.63) is 29.8 Å². The SMILES string of the molecule is CSCCNc1ccc(C(=O)NC(C)C(=N)C(N)=O)cc1. The standard InChI is InChI=1S/C14H20N4O2S/c1-9(12(15)13(16)19)18-14(20)10-3-5-11(6-4-10)17-7-8-21-2/h3-6,9,15,17H,7-8H2,1-2H3,(H2,16,19)(H,18,20). The summed E-state index contributed by atoms with van der Waals surface area (Å²) in [6.45, 7) is 2.41. The number of rotatable bonds is 8. The number of hydrogen-bond donors (Lipinski definition) is 4. The fourth-order valence-electron chi connectivity index (χ4n) is 1.60. The number of nitrogens with two attached hydrogens (primary N) is 1. The van der Waals surface area contributed by atoms with Gasteiger partial charge in [-0.3, -0.25) is 15.0 Å². The molecule has 0 radical (unpaired) electrons. The van der Waals surface area contributed by atoms with Gasteiger partial charge in [-0.25, -0.2) is 0 Å². The van der Waals surface area contributed by atoms with Crippen LogP contribution in [-0.4, -0.2) is 42.1 Å². The predicted octanol–water partition coefficient (Wildman–Crippen LogP) is 1.08. The molecule has 0 spiro atoms. The van der Waals surface area contributed by atoms with Gasteiger partial charge in [0.15, 0.2) is 0 Å². The Morgan fingerprint density at radius 2 is 1.95 bits per heavy atom. The zero-order chi connectivity index (χ0) is 15.8. The first-order chi connectivity index (χ1) is 9.95. The van der Waals surface area contributed by atoms with Gasteiger partial charge in [0.1, 0.15) is 5.71 Å². The fourth-order valence-corrected chi connectivity index (χ4v) is 1.91. The Bertz CT molecular complexity index is 516. The van der Waals surface area contributed by atoms with Crippen LogP contribution in [0.4, 0.5) is 5.69 Å². The quantitative estimate of drug-likeness (QED) is 0.426. The summed E-state index contributed by atoms with van der Waals surface area (Å²) in [5.41, 5.74) is 6.09. The van der Waals surface area contributed by atoms with E-state index in [0.717, 1.165) is 18.0 Å². The minimum Gasteiger partial charge on any atom is -0.384 e. The van der Waals surface area contributed by atoms with Crippen molar-refractivity contribution in [2.75, 3.05) is 23.9 Å². The van der Waals surface area contributed by atoms with E-state index in [2.05, 4.69) is 10.6 Å². The molecule has 0 saturated heterocycles. The maximum absolute atomic E-state index is 12.0. The second kappa shape index (κ2) is 8.31. The molecule has 1 rings (SSSR count). The maximum atomic E-state index is 12.0. The molecule has 1 aromatic rings. The van der Waals surface area contributed by atoms with Gasteiger partial charge in [0, 0.05) is 23.5 Å². The molecule has 0 heterocycles. The average molecular weight is 308 g/mol. The van der Waals surface area contributed by atoms with Gasteiger partial charge in [-0.15, -0.1) is 0 Å². The molecule has 1 unspecified atom stereocenters. The van der Waals surface area contributed by atoms with E-state index in [9.17, 15) is 9.59 Å². The van der Waals surface area contributed by atoms with Crippen molar-refractivity contribution in [1.29, 1.82) is 5.41 Å². The van der Waals surface area contributed by atoms with Crippen LogP contribution in [0.1, 0.15) is 17.3 Å². The first kappa shape index (κ1) is 17.0. The van der Waals surface area contributed by atoms with Gasteiger partial charge in [0.25, 0.3) is 11.8 Å². The summed E-state index contributed by atoms with van der Waals surface area (Å²) in [7, 11) is 0. The molecule has 5 N–H and O–H groups in total. The molecule has 6 nitrogen and oxygen atoms in total. The van der Waals surface area contributed by atoms with E-state index >= 15 is 0 Å². The van der Waals surface area contributed by atoms with Gasteiger partial charge in [-0.1, -0.05) is 0 Å². The second-order valence-corrected chi connectivity index (χ2v) is 5.46. The fraction of sp³-hybridized carbons (Fsp3) is 0.357. The Balaban J connectivity index is 2.59. The third kappa shape index (κ3) is 5.47. The van der Waals surface area contributed by atoms with E-state index in [0.29, 0.717) is 5.56 Å². The zero-order valence-corrected chi connectivity index (χ0v) is 12.9. The van der Waals surface area contributed by atoms with Crippen molar-refractivity contribution in [3.63, 3.8) is 0 Å². The predicted molar refractivity (Wildman–Crippen MR) is 87.2 cm³/mol. The molecule has 0 fully saturated rings. The first-order valence-electron chi connectivity index (χ1n) is 6.47. The molecule has 0 bridgehead atoms. The smallest absolute Gasteiger partial charge is 0.264 e. The highest BCUT2D eigenvalue weighted by atomic mass is 32.2. The molecule has 1 atom stereocenters. The summed E-state index contributed by atoms with van der Waals surface area (Å²) >= 11 is 1.76. The summed E-state index contributed by atoms with van der Waals surface area (Å²) in [6, 6.07) is 6.31. The highest BCUT2D eigenvalue weighted by molar-refractivity contribution is 7.98. The maximum Gasteiger partial charge on any atom is 0.264 e. The molecule has 7 heteroatoms. The lowest BCUT2D eigenvalue weighted by atomic mass is 10.1. The minimum absolute atomic E-state index is 0.321. The largest absolute Gasteiger partial charge is 0.384 e. The van der Waals surface area contributed by atoms with Crippen LogP contribution in [0.5, 0.6) is 0 Å². The van der Waals surface area contributed by atoms with Crippen LogP contribution in [-0.2, 0) is 4.79 Å². The summed E-state index contributed by atoms with van der Waals surface area (Å²) < 4.78 is 0. The van der Waals surface area contributed by atoms with Gasteiger partial charge < -0.3 is 16.4 Å². The second-order valence-electron chi connectivity index (χ2n) is 4.47. The van der Waals surface area contributed by atoms with Crippen LogP contribution in [0.2, 0.25) is 0 Å². The molecule has 0 aliphatic rings. The summed E-state index contributed by atoms with van der Waals surface area (Å²) in [5, 5.41) is 13.2. The van der Waals surface area contributed by atoms with Gasteiger partial charge in [0.2, 0.25) is 0 Å². The summed E-state index contributed by atoms with van der Waals surface area (Å²) in [5.74, 6) is -0.171. The highest BCUT2D eigenvalue weighted by Crippen LogP contribution is 2.10. The lowest BCUT2D eigenvalue weighted by Crippen LogP contribution is -2.43. The number of hydrogen-bond acceptors (Lipinski definition) is 5. The van der Waals surface area contributed by atoms with Gasteiger partial charge in [0.05, 0.1) is 6.04 Å². The van der Waals surface area contributed by atoms with Crippen LogP contribution in [0.25, 0.3) is 0 Å². The van der Waals surface area contributed by atoms with Crippen LogP contribution in [0.15, 0.2) is 24.3 Å². The number of benzene rings is 1.